The van der Waals surface area contributed by atoms with Gasteiger partial charge in [0, 0.05) is 19.8 Å². The van der Waals surface area contributed by atoms with E-state index in [2.05, 4.69) is 0 Å². The highest BCUT2D eigenvalue weighted by Gasteiger charge is 2.40. The average molecular weight is 305 g/mol. The quantitative estimate of drug-likeness (QED) is 0.827. The van der Waals surface area contributed by atoms with Gasteiger partial charge in [0.25, 0.3) is 0 Å². The number of hydrogen-bond acceptors (Lipinski definition) is 4. The van der Waals surface area contributed by atoms with Crippen LogP contribution in [0, 0.1) is 0 Å². The van der Waals surface area contributed by atoms with Gasteiger partial charge in [-0.25, -0.2) is 4.79 Å². The fraction of sp³-hybridized carbons (Fsp3) is 0.438. The number of amides is 1. The van der Waals surface area contributed by atoms with Gasteiger partial charge in [0.15, 0.2) is 0 Å². The number of carboxylic acid groups (broad SMARTS) is 1. The molecule has 22 heavy (non-hydrogen) atoms. The van der Waals surface area contributed by atoms with Crippen molar-refractivity contribution in [2.24, 2.45) is 0 Å². The molecule has 0 saturated carbocycles. The highest BCUT2D eigenvalue weighted by molar-refractivity contribution is 5.83. The van der Waals surface area contributed by atoms with E-state index in [1.807, 2.05) is 30.3 Å². The Morgan fingerprint density at radius 1 is 1.27 bits per heavy atom. The number of esters is 1. The van der Waals surface area contributed by atoms with Crippen molar-refractivity contribution in [3.05, 3.63) is 35.9 Å². The van der Waals surface area contributed by atoms with Crippen LogP contribution in [-0.2, 0) is 25.5 Å². The van der Waals surface area contributed by atoms with E-state index >= 15 is 0 Å². The normalized spacial score (nSPS) is 20.7. The molecule has 0 radical (unpaired) electrons. The minimum Gasteiger partial charge on any atom is -0.480 e. The smallest absolute Gasteiger partial charge is 0.326 e. The zero-order valence-electron chi connectivity index (χ0n) is 12.4. The lowest BCUT2D eigenvalue weighted by atomic mass is 10.1. The molecule has 1 N–H and O–H groups in total. The van der Waals surface area contributed by atoms with Gasteiger partial charge in [-0.2, -0.15) is 0 Å². The van der Waals surface area contributed by atoms with Crippen molar-refractivity contribution < 1.29 is 24.2 Å². The van der Waals surface area contributed by atoms with Crippen molar-refractivity contribution in [2.45, 2.75) is 38.3 Å². The first kappa shape index (κ1) is 16.0. The van der Waals surface area contributed by atoms with Gasteiger partial charge in [0.05, 0.1) is 6.54 Å². The Labute approximate surface area is 128 Å². The molecule has 1 heterocycles. The molecule has 1 aromatic rings. The largest absolute Gasteiger partial charge is 0.480 e. The summed E-state index contributed by atoms with van der Waals surface area (Å²) in [5.74, 6) is -1.77. The minimum atomic E-state index is -1.07. The van der Waals surface area contributed by atoms with E-state index in [4.69, 9.17) is 9.84 Å². The summed E-state index contributed by atoms with van der Waals surface area (Å²) < 4.78 is 5.30. The Bertz CT molecular complexity index is 535. The molecule has 0 aromatic heterocycles. The SMILES string of the molecule is CC(=O)N1C[C@H](OC(=O)CCc2ccccc2)C[C@H]1C(=O)O. The van der Waals surface area contributed by atoms with E-state index in [1.165, 1.54) is 11.8 Å². The average Bonchev–Trinajstić information content (AvgIpc) is 2.90. The first-order chi connectivity index (χ1) is 10.5. The summed E-state index contributed by atoms with van der Waals surface area (Å²) in [6.07, 6.45) is 0.406. The van der Waals surface area contributed by atoms with E-state index in [9.17, 15) is 14.4 Å². The minimum absolute atomic E-state index is 0.142. The number of likely N-dealkylation sites (tertiary alicyclic amines) is 1. The molecule has 0 bridgehead atoms. The lowest BCUT2D eigenvalue weighted by Crippen LogP contribution is -2.39. The van der Waals surface area contributed by atoms with Crippen LogP contribution in [0.15, 0.2) is 30.3 Å². The van der Waals surface area contributed by atoms with E-state index in [0.29, 0.717) is 6.42 Å². The summed E-state index contributed by atoms with van der Waals surface area (Å²) in [4.78, 5) is 35.6. The van der Waals surface area contributed by atoms with E-state index < -0.39 is 18.1 Å². The summed E-state index contributed by atoms with van der Waals surface area (Å²) in [7, 11) is 0. The molecular formula is C16H19NO5. The monoisotopic (exact) mass is 305 g/mol. The highest BCUT2D eigenvalue weighted by atomic mass is 16.5. The van der Waals surface area contributed by atoms with Crippen LogP contribution < -0.4 is 0 Å². The van der Waals surface area contributed by atoms with Crippen molar-refractivity contribution >= 4 is 17.8 Å². The molecular weight excluding hydrogens is 286 g/mol. The molecule has 1 fully saturated rings. The van der Waals surface area contributed by atoms with E-state index in [1.54, 1.807) is 0 Å². The predicted octanol–water partition coefficient (Wildman–Crippen LogP) is 1.24. The maximum absolute atomic E-state index is 11.9. The second kappa shape index (κ2) is 7.06. The second-order valence-corrected chi connectivity index (χ2v) is 5.36. The number of rotatable bonds is 5. The molecule has 2 atom stereocenters. The maximum Gasteiger partial charge on any atom is 0.326 e. The zero-order valence-corrected chi connectivity index (χ0v) is 12.4. The number of carbonyl (C=O) groups is 3. The number of aryl methyl sites for hydroxylation is 1. The van der Waals surface area contributed by atoms with Crippen LogP contribution in [-0.4, -0.2) is 46.5 Å². The third-order valence-corrected chi connectivity index (χ3v) is 3.71. The van der Waals surface area contributed by atoms with Gasteiger partial charge < -0.3 is 14.7 Å². The molecule has 1 aliphatic heterocycles. The van der Waals surface area contributed by atoms with Crippen LogP contribution in [0.1, 0.15) is 25.3 Å². The summed E-state index contributed by atoms with van der Waals surface area (Å²) in [5.41, 5.74) is 1.04. The molecule has 0 spiro atoms. The number of carbonyl (C=O) groups excluding carboxylic acids is 2. The first-order valence-corrected chi connectivity index (χ1v) is 7.21. The van der Waals surface area contributed by atoms with Gasteiger partial charge in [-0.15, -0.1) is 0 Å². The van der Waals surface area contributed by atoms with Crippen molar-refractivity contribution in [1.29, 1.82) is 0 Å². The number of carboxylic acids is 1. The van der Waals surface area contributed by atoms with Gasteiger partial charge in [-0.1, -0.05) is 30.3 Å². The van der Waals surface area contributed by atoms with Crippen LogP contribution in [0.2, 0.25) is 0 Å². The summed E-state index contributed by atoms with van der Waals surface area (Å²) in [5, 5.41) is 9.10. The van der Waals surface area contributed by atoms with E-state index in [0.717, 1.165) is 5.56 Å². The third kappa shape index (κ3) is 4.07. The molecule has 1 saturated heterocycles. The number of aliphatic carboxylic acids is 1. The fourth-order valence-corrected chi connectivity index (χ4v) is 2.60. The Hall–Kier alpha value is -2.37. The summed E-state index contributed by atoms with van der Waals surface area (Å²) >= 11 is 0. The van der Waals surface area contributed by atoms with Gasteiger partial charge >= 0.3 is 11.9 Å². The highest BCUT2D eigenvalue weighted by Crippen LogP contribution is 2.21. The Morgan fingerprint density at radius 3 is 2.50 bits per heavy atom. The molecule has 2 rings (SSSR count). The molecule has 0 unspecified atom stereocenters. The Balaban J connectivity index is 1.84. The van der Waals surface area contributed by atoms with Gasteiger partial charge in [0.1, 0.15) is 12.1 Å². The van der Waals surface area contributed by atoms with Crippen molar-refractivity contribution in [3.8, 4) is 0 Å². The summed E-state index contributed by atoms with van der Waals surface area (Å²) in [6.45, 7) is 1.46. The van der Waals surface area contributed by atoms with Crippen LogP contribution in [0.5, 0.6) is 0 Å². The third-order valence-electron chi connectivity index (χ3n) is 3.71. The van der Waals surface area contributed by atoms with Crippen LogP contribution >= 0.6 is 0 Å². The second-order valence-electron chi connectivity index (χ2n) is 5.36. The van der Waals surface area contributed by atoms with Crippen LogP contribution in [0.4, 0.5) is 0 Å². The molecule has 6 heteroatoms. The Kier molecular flexibility index (Phi) is 5.14. The van der Waals surface area contributed by atoms with Crippen molar-refractivity contribution in [2.75, 3.05) is 6.54 Å². The standard InChI is InChI=1S/C16H19NO5/c1-11(18)17-10-13(9-14(17)16(20)21)22-15(19)8-7-12-5-3-2-4-6-12/h2-6,13-14H,7-10H2,1H3,(H,20,21)/t13-,14+/m1/s1. The molecule has 1 amide bonds. The fourth-order valence-electron chi connectivity index (χ4n) is 2.60. The molecule has 0 aliphatic carbocycles. The van der Waals surface area contributed by atoms with E-state index in [-0.39, 0.29) is 31.3 Å². The number of hydrogen-bond donors (Lipinski definition) is 1. The predicted molar refractivity (Wildman–Crippen MR) is 78.1 cm³/mol. The van der Waals surface area contributed by atoms with Crippen molar-refractivity contribution in [1.82, 2.24) is 4.90 Å². The van der Waals surface area contributed by atoms with Gasteiger partial charge in [-0.3, -0.25) is 9.59 Å². The number of ether oxygens (including phenoxy) is 1. The zero-order chi connectivity index (χ0) is 16.1. The Morgan fingerprint density at radius 2 is 1.95 bits per heavy atom. The number of nitrogens with zero attached hydrogens (tertiary/aromatic N) is 1. The van der Waals surface area contributed by atoms with Gasteiger partial charge in [0.2, 0.25) is 5.91 Å². The first-order valence-electron chi connectivity index (χ1n) is 7.21. The van der Waals surface area contributed by atoms with Crippen molar-refractivity contribution in [3.63, 3.8) is 0 Å². The summed E-state index contributed by atoms with van der Waals surface area (Å²) in [6, 6.07) is 8.66. The molecule has 6 nitrogen and oxygen atoms in total. The van der Waals surface area contributed by atoms with Crippen LogP contribution in [0.25, 0.3) is 0 Å². The maximum atomic E-state index is 11.9. The number of benzene rings is 1. The topological polar surface area (TPSA) is 83.9 Å². The molecule has 118 valence electrons. The van der Waals surface area contributed by atoms with Gasteiger partial charge in [-0.05, 0) is 12.0 Å². The molecule has 1 aliphatic rings. The molecule has 1 aromatic carbocycles. The lowest BCUT2D eigenvalue weighted by Gasteiger charge is -2.18. The lowest BCUT2D eigenvalue weighted by molar-refractivity contribution is -0.149. The van der Waals surface area contributed by atoms with Crippen LogP contribution in [0.3, 0.4) is 0 Å².